The molecule has 3 atom stereocenters. The molecular weight excluding hydrogens is 340 g/mol. The number of rotatable bonds is 4. The van der Waals surface area contributed by atoms with Crippen LogP contribution in [0.15, 0.2) is 35.5 Å². The van der Waals surface area contributed by atoms with Crippen molar-refractivity contribution in [3.8, 4) is 0 Å². The molecule has 1 aliphatic heterocycles. The maximum absolute atomic E-state index is 12.1. The van der Waals surface area contributed by atoms with Crippen molar-refractivity contribution in [1.82, 2.24) is 0 Å². The predicted molar refractivity (Wildman–Crippen MR) is 91.8 cm³/mol. The lowest BCUT2D eigenvalue weighted by Crippen LogP contribution is -2.33. The van der Waals surface area contributed by atoms with Crippen LogP contribution in [0.5, 0.6) is 0 Å². The van der Waals surface area contributed by atoms with Gasteiger partial charge in [-0.2, -0.15) is 0 Å². The third-order valence-corrected chi connectivity index (χ3v) is 4.41. The number of hydrogen-bond acceptors (Lipinski definition) is 7. The van der Waals surface area contributed by atoms with Crippen LogP contribution in [-0.2, 0) is 28.6 Å². The zero-order valence-corrected chi connectivity index (χ0v) is 15.0. The van der Waals surface area contributed by atoms with Crippen molar-refractivity contribution in [2.75, 3.05) is 13.2 Å². The summed E-state index contributed by atoms with van der Waals surface area (Å²) in [5.74, 6) is -2.00. The van der Waals surface area contributed by atoms with E-state index in [2.05, 4.69) is 6.58 Å². The molecule has 1 saturated heterocycles. The Bertz CT molecular complexity index is 659. The Morgan fingerprint density at radius 3 is 2.65 bits per heavy atom. The van der Waals surface area contributed by atoms with Crippen molar-refractivity contribution in [2.45, 2.75) is 45.3 Å². The molecule has 0 spiro atoms. The highest BCUT2D eigenvalue weighted by atomic mass is 16.6. The number of hydrogen-bond donors (Lipinski definition) is 1. The second kappa shape index (κ2) is 8.80. The van der Waals surface area contributed by atoms with Crippen LogP contribution in [0.3, 0.4) is 0 Å². The van der Waals surface area contributed by atoms with E-state index in [9.17, 15) is 19.5 Å². The Hall–Kier alpha value is -2.41. The van der Waals surface area contributed by atoms with Crippen LogP contribution in [0.2, 0.25) is 0 Å². The number of aliphatic hydroxyl groups excluding tert-OH is 1. The van der Waals surface area contributed by atoms with Crippen LogP contribution in [0.25, 0.3) is 0 Å². The summed E-state index contributed by atoms with van der Waals surface area (Å²) in [5.41, 5.74) is 1.72. The first-order valence-corrected chi connectivity index (χ1v) is 8.50. The Morgan fingerprint density at radius 2 is 2.04 bits per heavy atom. The van der Waals surface area contributed by atoms with E-state index in [1.165, 1.54) is 13.8 Å². The predicted octanol–water partition coefficient (Wildman–Crippen LogP) is 1.61. The van der Waals surface area contributed by atoms with Crippen LogP contribution >= 0.6 is 0 Å². The van der Waals surface area contributed by atoms with E-state index in [0.717, 1.165) is 5.57 Å². The molecule has 0 bridgehead atoms. The Morgan fingerprint density at radius 1 is 1.31 bits per heavy atom. The minimum absolute atomic E-state index is 0.0864. The molecule has 2 aliphatic rings. The van der Waals surface area contributed by atoms with Crippen LogP contribution in [0.1, 0.15) is 33.1 Å². The second-order valence-electron chi connectivity index (χ2n) is 6.44. The molecule has 142 valence electrons. The van der Waals surface area contributed by atoms with Gasteiger partial charge in [0.25, 0.3) is 0 Å². The van der Waals surface area contributed by atoms with E-state index in [0.29, 0.717) is 24.8 Å². The van der Waals surface area contributed by atoms with Gasteiger partial charge in [0.05, 0.1) is 12.5 Å². The van der Waals surface area contributed by atoms with Gasteiger partial charge < -0.3 is 19.3 Å². The lowest BCUT2D eigenvalue weighted by atomic mass is 9.85. The highest BCUT2D eigenvalue weighted by Crippen LogP contribution is 2.36. The van der Waals surface area contributed by atoms with E-state index < -0.39 is 36.0 Å². The maximum Gasteiger partial charge on any atom is 0.334 e. The number of esters is 3. The van der Waals surface area contributed by atoms with Crippen LogP contribution in [0.4, 0.5) is 0 Å². The molecule has 2 unspecified atom stereocenters. The van der Waals surface area contributed by atoms with Gasteiger partial charge in [-0.15, -0.1) is 0 Å². The normalized spacial score (nSPS) is 30.2. The fraction of sp³-hybridized carbons (Fsp3) is 0.526. The molecule has 0 radical (unpaired) electrons. The van der Waals surface area contributed by atoms with Gasteiger partial charge in [0, 0.05) is 25.8 Å². The summed E-state index contributed by atoms with van der Waals surface area (Å²) in [6.07, 6.45) is 3.77. The first-order valence-electron chi connectivity index (χ1n) is 8.50. The van der Waals surface area contributed by atoms with Crippen molar-refractivity contribution in [1.29, 1.82) is 0 Å². The summed E-state index contributed by atoms with van der Waals surface area (Å²) >= 11 is 0. The van der Waals surface area contributed by atoms with Gasteiger partial charge in [-0.05, 0) is 30.1 Å². The highest BCUT2D eigenvalue weighted by Gasteiger charge is 2.44. The average Bonchev–Trinajstić information content (AvgIpc) is 2.84. The van der Waals surface area contributed by atoms with Crippen molar-refractivity contribution < 1.29 is 33.7 Å². The second-order valence-corrected chi connectivity index (χ2v) is 6.44. The topological polar surface area (TPSA) is 99.1 Å². The Kier molecular flexibility index (Phi) is 6.74. The molecule has 0 aromatic carbocycles. The van der Waals surface area contributed by atoms with Gasteiger partial charge in [-0.3, -0.25) is 9.59 Å². The minimum atomic E-state index is -0.681. The molecule has 0 amide bonds. The van der Waals surface area contributed by atoms with E-state index in [1.807, 2.05) is 6.08 Å². The van der Waals surface area contributed by atoms with E-state index in [4.69, 9.17) is 14.2 Å². The fourth-order valence-electron chi connectivity index (χ4n) is 3.20. The minimum Gasteiger partial charge on any atom is -0.461 e. The van der Waals surface area contributed by atoms with Gasteiger partial charge in [0.1, 0.15) is 18.8 Å². The SMILES string of the molecule is C=C1C(=O)OC2/C=C(\COC(C)=O)CC/C=C(/CO)CC(OC(C)=O)[C@@H]12. The summed E-state index contributed by atoms with van der Waals surface area (Å²) in [4.78, 5) is 34.7. The molecule has 0 aromatic heterocycles. The highest BCUT2D eigenvalue weighted by molar-refractivity contribution is 5.91. The maximum atomic E-state index is 12.1. The monoisotopic (exact) mass is 364 g/mol. The molecule has 7 heteroatoms. The molecule has 0 aromatic rings. The lowest BCUT2D eigenvalue weighted by Gasteiger charge is -2.27. The first-order chi connectivity index (χ1) is 12.3. The van der Waals surface area contributed by atoms with Crippen molar-refractivity contribution in [3.05, 3.63) is 35.5 Å². The number of aliphatic hydroxyl groups is 1. The van der Waals surface area contributed by atoms with E-state index >= 15 is 0 Å². The lowest BCUT2D eigenvalue weighted by molar-refractivity contribution is -0.149. The molecule has 26 heavy (non-hydrogen) atoms. The first kappa shape index (κ1) is 19.9. The zero-order chi connectivity index (χ0) is 19.3. The molecule has 7 nitrogen and oxygen atoms in total. The van der Waals surface area contributed by atoms with Crippen molar-refractivity contribution in [2.24, 2.45) is 5.92 Å². The molecule has 0 saturated carbocycles. The summed E-state index contributed by atoms with van der Waals surface area (Å²) < 4.78 is 15.9. The number of allylic oxidation sites excluding steroid dienone is 1. The average molecular weight is 364 g/mol. The van der Waals surface area contributed by atoms with Crippen LogP contribution in [-0.4, -0.2) is 48.4 Å². The van der Waals surface area contributed by atoms with Gasteiger partial charge >= 0.3 is 17.9 Å². The molecule has 2 rings (SSSR count). The van der Waals surface area contributed by atoms with E-state index in [-0.39, 0.29) is 18.8 Å². The molecule has 1 aliphatic carbocycles. The number of carbonyl (C=O) groups excluding carboxylic acids is 3. The molecular formula is C19H24O7. The van der Waals surface area contributed by atoms with Gasteiger partial charge in [0.2, 0.25) is 0 Å². The molecule has 1 heterocycles. The number of fused-ring (bicyclic) bond motifs is 1. The molecule has 1 N–H and O–H groups in total. The summed E-state index contributed by atoms with van der Waals surface area (Å²) in [7, 11) is 0. The van der Waals surface area contributed by atoms with Gasteiger partial charge in [-0.1, -0.05) is 12.7 Å². The third-order valence-electron chi connectivity index (χ3n) is 4.41. The zero-order valence-electron chi connectivity index (χ0n) is 15.0. The molecule has 1 fully saturated rings. The number of ether oxygens (including phenoxy) is 3. The summed E-state index contributed by atoms with van der Waals surface area (Å²) in [5, 5.41) is 9.61. The largest absolute Gasteiger partial charge is 0.461 e. The number of carbonyl (C=O) groups is 3. The van der Waals surface area contributed by atoms with Crippen LogP contribution in [0, 0.1) is 5.92 Å². The third kappa shape index (κ3) is 5.05. The fourth-order valence-corrected chi connectivity index (χ4v) is 3.20. The quantitative estimate of drug-likeness (QED) is 0.350. The summed E-state index contributed by atoms with van der Waals surface area (Å²) in [6, 6.07) is 0. The summed E-state index contributed by atoms with van der Waals surface area (Å²) in [6.45, 7) is 6.31. The van der Waals surface area contributed by atoms with Crippen molar-refractivity contribution in [3.63, 3.8) is 0 Å². The van der Waals surface area contributed by atoms with E-state index in [1.54, 1.807) is 6.08 Å². The van der Waals surface area contributed by atoms with Gasteiger partial charge in [-0.25, -0.2) is 4.79 Å². The van der Waals surface area contributed by atoms with Crippen molar-refractivity contribution >= 4 is 17.9 Å². The standard InChI is InChI=1S/C19H24O7/c1-11-18-16(25-13(3)22)7-14(9-20)5-4-6-15(10-24-12(2)21)8-17(18)26-19(11)23/h5,8,16-18,20H,1,4,6-7,9-10H2,2-3H3/b14-5+,15-8-/t16?,17?,18-/m1/s1. The Labute approximate surface area is 152 Å². The van der Waals surface area contributed by atoms with Crippen LogP contribution < -0.4 is 0 Å². The Balaban J connectivity index is 2.39. The smallest absolute Gasteiger partial charge is 0.334 e. The van der Waals surface area contributed by atoms with Gasteiger partial charge in [0.15, 0.2) is 0 Å².